The van der Waals surface area contributed by atoms with Crippen molar-refractivity contribution in [2.24, 2.45) is 0 Å². The van der Waals surface area contributed by atoms with E-state index < -0.39 is 16.3 Å². The molecular formula is C7H13NO6S. The van der Waals surface area contributed by atoms with Gasteiger partial charge in [-0.25, -0.2) is 10.1 Å². The maximum Gasteiger partial charge on any atom is 0.364 e. The molecule has 0 amide bonds. The molecule has 0 aliphatic heterocycles. The summed E-state index contributed by atoms with van der Waals surface area (Å²) in [5.74, 6) is -0.645. The average Bonchev–Trinajstić information content (AvgIpc) is 2.23. The van der Waals surface area contributed by atoms with Crippen molar-refractivity contribution in [2.45, 2.75) is 6.92 Å². The van der Waals surface area contributed by atoms with Gasteiger partial charge < -0.3 is 4.74 Å². The lowest BCUT2D eigenvalue weighted by atomic mass is 10.6. The summed E-state index contributed by atoms with van der Waals surface area (Å²) in [5, 5.41) is 8.10. The molecular weight excluding hydrogens is 226 g/mol. The summed E-state index contributed by atoms with van der Waals surface area (Å²) in [6.07, 6.45) is 0.966. The molecule has 0 unspecified atom stereocenters. The molecule has 0 aliphatic rings. The van der Waals surface area contributed by atoms with E-state index in [4.69, 9.17) is 5.26 Å². The molecule has 0 atom stereocenters. The lowest BCUT2D eigenvalue weighted by Crippen LogP contribution is -2.34. The topological polar surface area (TPSA) is 93.1 Å². The first-order valence-electron chi connectivity index (χ1n) is 4.10. The number of carbonyl (C=O) groups is 1. The van der Waals surface area contributed by atoms with Crippen LogP contribution in [0, 0.1) is 0 Å². The van der Waals surface area contributed by atoms with Gasteiger partial charge in [-0.05, 0) is 0 Å². The Kier molecular flexibility index (Phi) is 6.09. The Morgan fingerprint density at radius 2 is 2.20 bits per heavy atom. The van der Waals surface area contributed by atoms with E-state index in [0.29, 0.717) is 0 Å². The molecule has 0 heterocycles. The van der Waals surface area contributed by atoms with E-state index in [1.807, 2.05) is 0 Å². The van der Waals surface area contributed by atoms with Crippen LogP contribution in [0.3, 0.4) is 0 Å². The summed E-state index contributed by atoms with van der Waals surface area (Å²) in [5.41, 5.74) is 0. The summed E-state index contributed by atoms with van der Waals surface area (Å²) in [4.78, 5) is 10.6. The number of rotatable bonds is 7. The Morgan fingerprint density at radius 1 is 1.60 bits per heavy atom. The van der Waals surface area contributed by atoms with Crippen molar-refractivity contribution in [3.8, 4) is 0 Å². The lowest BCUT2D eigenvalue weighted by Gasteiger charge is -2.16. The molecule has 0 aromatic heterocycles. The largest absolute Gasteiger partial charge is 0.461 e. The SMILES string of the molecule is C=CC(=O)OCCN(CC)S(=O)(=O)OO. The van der Waals surface area contributed by atoms with Crippen LogP contribution in [0.25, 0.3) is 0 Å². The van der Waals surface area contributed by atoms with Crippen LogP contribution < -0.4 is 0 Å². The zero-order chi connectivity index (χ0) is 11.9. The smallest absolute Gasteiger partial charge is 0.364 e. The molecule has 0 spiro atoms. The summed E-state index contributed by atoms with van der Waals surface area (Å²) in [7, 11) is -4.14. The number of hydrogen-bond acceptors (Lipinski definition) is 6. The van der Waals surface area contributed by atoms with E-state index in [1.54, 1.807) is 6.92 Å². The van der Waals surface area contributed by atoms with Gasteiger partial charge in [-0.3, -0.25) is 0 Å². The number of likely N-dealkylation sites (N-methyl/N-ethyl adjacent to an activating group) is 1. The molecule has 0 aromatic rings. The van der Waals surface area contributed by atoms with Gasteiger partial charge in [-0.15, -0.1) is 0 Å². The predicted octanol–water partition coefficient (Wildman–Crippen LogP) is -0.228. The molecule has 0 rings (SSSR count). The van der Waals surface area contributed by atoms with Crippen molar-refractivity contribution in [3.05, 3.63) is 12.7 Å². The van der Waals surface area contributed by atoms with E-state index in [9.17, 15) is 13.2 Å². The molecule has 0 aliphatic carbocycles. The molecule has 0 saturated carbocycles. The first-order valence-corrected chi connectivity index (χ1v) is 5.46. The molecule has 0 fully saturated rings. The zero-order valence-corrected chi connectivity index (χ0v) is 9.07. The summed E-state index contributed by atoms with van der Waals surface area (Å²) >= 11 is 0. The summed E-state index contributed by atoms with van der Waals surface area (Å²) < 4.78 is 30.6. The molecule has 0 saturated heterocycles. The number of nitrogens with zero attached hydrogens (tertiary/aromatic N) is 1. The molecule has 1 N–H and O–H groups in total. The van der Waals surface area contributed by atoms with Gasteiger partial charge in [0.05, 0.1) is 6.54 Å². The lowest BCUT2D eigenvalue weighted by molar-refractivity contribution is -0.140. The summed E-state index contributed by atoms with van der Waals surface area (Å²) in [6, 6.07) is 0. The van der Waals surface area contributed by atoms with E-state index in [0.717, 1.165) is 10.4 Å². The van der Waals surface area contributed by atoms with E-state index in [2.05, 4.69) is 15.6 Å². The molecule has 88 valence electrons. The monoisotopic (exact) mass is 239 g/mol. The maximum atomic E-state index is 11.0. The van der Waals surface area contributed by atoms with Gasteiger partial charge in [0.2, 0.25) is 0 Å². The molecule has 0 radical (unpaired) electrons. The van der Waals surface area contributed by atoms with Crippen LogP contribution in [0.1, 0.15) is 6.92 Å². The van der Waals surface area contributed by atoms with E-state index in [-0.39, 0.29) is 19.7 Å². The molecule has 7 nitrogen and oxygen atoms in total. The van der Waals surface area contributed by atoms with Gasteiger partial charge in [0.25, 0.3) is 0 Å². The number of esters is 1. The normalized spacial score (nSPS) is 11.4. The number of ether oxygens (including phenoxy) is 1. The third kappa shape index (κ3) is 4.88. The second kappa shape index (κ2) is 6.51. The van der Waals surface area contributed by atoms with Gasteiger partial charge in [0.1, 0.15) is 6.61 Å². The van der Waals surface area contributed by atoms with Crippen LogP contribution in [-0.4, -0.2) is 43.6 Å². The van der Waals surface area contributed by atoms with Crippen molar-refractivity contribution in [1.29, 1.82) is 0 Å². The Hall–Kier alpha value is -0.960. The molecule has 0 bridgehead atoms. The highest BCUT2D eigenvalue weighted by Crippen LogP contribution is 2.00. The highest BCUT2D eigenvalue weighted by atomic mass is 32.2. The minimum atomic E-state index is -4.14. The quantitative estimate of drug-likeness (QED) is 0.285. The fraction of sp³-hybridized carbons (Fsp3) is 0.571. The van der Waals surface area contributed by atoms with Crippen LogP contribution in [0.5, 0.6) is 0 Å². The van der Waals surface area contributed by atoms with Crippen LogP contribution >= 0.6 is 0 Å². The fourth-order valence-electron chi connectivity index (χ4n) is 0.782. The Morgan fingerprint density at radius 3 is 2.60 bits per heavy atom. The second-order valence-corrected chi connectivity index (χ2v) is 3.92. The highest BCUT2D eigenvalue weighted by molar-refractivity contribution is 7.84. The average molecular weight is 239 g/mol. The maximum absolute atomic E-state index is 11.0. The van der Waals surface area contributed by atoms with Crippen LogP contribution in [-0.2, 0) is 24.2 Å². The van der Waals surface area contributed by atoms with Crippen LogP contribution in [0.2, 0.25) is 0 Å². The van der Waals surface area contributed by atoms with Crippen LogP contribution in [0.15, 0.2) is 12.7 Å². The zero-order valence-electron chi connectivity index (χ0n) is 8.25. The van der Waals surface area contributed by atoms with E-state index >= 15 is 0 Å². The van der Waals surface area contributed by atoms with Crippen molar-refractivity contribution in [1.82, 2.24) is 4.31 Å². The van der Waals surface area contributed by atoms with Gasteiger partial charge >= 0.3 is 16.3 Å². The molecule has 0 aromatic carbocycles. The molecule has 8 heteroatoms. The van der Waals surface area contributed by atoms with Crippen molar-refractivity contribution in [3.63, 3.8) is 0 Å². The van der Waals surface area contributed by atoms with Crippen molar-refractivity contribution in [2.75, 3.05) is 19.7 Å². The van der Waals surface area contributed by atoms with Gasteiger partial charge in [-0.1, -0.05) is 17.8 Å². The fourth-order valence-corrected chi connectivity index (χ4v) is 1.49. The predicted molar refractivity (Wildman–Crippen MR) is 51.0 cm³/mol. The third-order valence-corrected chi connectivity index (χ3v) is 2.78. The number of hydrogen-bond donors (Lipinski definition) is 1. The first kappa shape index (κ1) is 14.0. The molecule has 15 heavy (non-hydrogen) atoms. The van der Waals surface area contributed by atoms with Gasteiger partial charge in [-0.2, -0.15) is 12.7 Å². The van der Waals surface area contributed by atoms with Crippen molar-refractivity contribution < 1.29 is 27.5 Å². The Labute approximate surface area is 88.1 Å². The van der Waals surface area contributed by atoms with Crippen LogP contribution in [0.4, 0.5) is 0 Å². The number of carbonyl (C=O) groups excluding carboxylic acids is 1. The first-order chi connectivity index (χ1) is 6.97. The summed E-state index contributed by atoms with van der Waals surface area (Å²) in [6.45, 7) is 4.58. The Balaban J connectivity index is 4.13. The standard InChI is InChI=1S/C7H13NO6S/c1-3-7(9)13-6-5-8(4-2)15(11,12)14-10/h3,10H,1,4-6H2,2H3. The third-order valence-electron chi connectivity index (χ3n) is 1.51. The minimum absolute atomic E-state index is 0.0918. The second-order valence-electron chi connectivity index (χ2n) is 2.40. The van der Waals surface area contributed by atoms with E-state index in [1.165, 1.54) is 0 Å². The highest BCUT2D eigenvalue weighted by Gasteiger charge is 2.21. The minimum Gasteiger partial charge on any atom is -0.461 e. The Bertz CT molecular complexity index is 311. The van der Waals surface area contributed by atoms with Gasteiger partial charge in [0, 0.05) is 12.6 Å². The van der Waals surface area contributed by atoms with Crippen molar-refractivity contribution >= 4 is 16.3 Å². The van der Waals surface area contributed by atoms with Gasteiger partial charge in [0.15, 0.2) is 0 Å².